The van der Waals surface area contributed by atoms with Crippen molar-refractivity contribution < 1.29 is 14.0 Å². The predicted molar refractivity (Wildman–Crippen MR) is 108 cm³/mol. The number of rotatable bonds is 5. The van der Waals surface area contributed by atoms with E-state index in [0.717, 1.165) is 25.5 Å². The van der Waals surface area contributed by atoms with E-state index in [0.29, 0.717) is 22.6 Å². The minimum Gasteiger partial charge on any atom is -0.364 e. The largest absolute Gasteiger partial charge is 0.364 e. The fraction of sp³-hybridized carbons (Fsp3) is 0.200. The molecule has 1 aliphatic rings. The molecule has 1 aromatic carbocycles. The third-order valence-corrected chi connectivity index (χ3v) is 4.93. The summed E-state index contributed by atoms with van der Waals surface area (Å²) in [5, 5.41) is 5.82. The molecule has 0 radical (unpaired) electrons. The third kappa shape index (κ3) is 3.72. The zero-order chi connectivity index (χ0) is 21.3. The maximum Gasteiger partial charge on any atom is 0.269 e. The van der Waals surface area contributed by atoms with Crippen molar-refractivity contribution in [3.8, 4) is 11.3 Å². The highest BCUT2D eigenvalue weighted by Gasteiger charge is 2.27. The molecule has 0 saturated carbocycles. The van der Waals surface area contributed by atoms with Crippen molar-refractivity contribution >= 4 is 17.6 Å². The Balaban J connectivity index is 1.61. The van der Waals surface area contributed by atoms with Crippen molar-refractivity contribution in [2.45, 2.75) is 18.9 Å². The van der Waals surface area contributed by atoms with Gasteiger partial charge in [-0.15, -0.1) is 0 Å². The number of nitrogens with zero attached hydrogens (tertiary/aromatic N) is 3. The molecule has 2 amide bonds. The minimum atomic E-state index is -0.691. The summed E-state index contributed by atoms with van der Waals surface area (Å²) in [6, 6.07) is 8.69. The van der Waals surface area contributed by atoms with Crippen LogP contribution >= 0.6 is 0 Å². The second kappa shape index (κ2) is 7.91. The molecule has 0 unspecified atom stereocenters. The van der Waals surface area contributed by atoms with Crippen molar-refractivity contribution in [2.75, 3.05) is 17.7 Å². The van der Waals surface area contributed by atoms with E-state index in [-0.39, 0.29) is 17.6 Å². The molecule has 4 rings (SSSR count). The standard InChI is InChI=1S/C20H20FN7O2/c21-13-7-9-25-15(10-13)26-20(30)12-5-3-11(4-6-12)16-17(18(22)29)28(23)19(27-16)14-2-1-8-24-14/h3-7,9-10,14,24H,1-2,8,23H2,(H2,22,29)(H,25,26,30)/t14-/m0/s1. The number of hydrogen-bond acceptors (Lipinski definition) is 6. The van der Waals surface area contributed by atoms with Crippen LogP contribution in [0.2, 0.25) is 0 Å². The molecule has 30 heavy (non-hydrogen) atoms. The van der Waals surface area contributed by atoms with Gasteiger partial charge in [-0.2, -0.15) is 0 Å². The Morgan fingerprint density at radius 1 is 1.23 bits per heavy atom. The normalized spacial score (nSPS) is 15.8. The van der Waals surface area contributed by atoms with Gasteiger partial charge in [0.2, 0.25) is 0 Å². The Morgan fingerprint density at radius 3 is 2.63 bits per heavy atom. The van der Waals surface area contributed by atoms with Crippen molar-refractivity contribution in [3.63, 3.8) is 0 Å². The number of nitrogens with one attached hydrogen (secondary N) is 2. The number of carbonyl (C=O) groups excluding carboxylic acids is 2. The number of aromatic nitrogens is 3. The predicted octanol–water partition coefficient (Wildman–Crippen LogP) is 1.57. The lowest BCUT2D eigenvalue weighted by Gasteiger charge is -2.09. The molecular formula is C20H20FN7O2. The summed E-state index contributed by atoms with van der Waals surface area (Å²) >= 11 is 0. The topological polar surface area (TPSA) is 141 Å². The maximum atomic E-state index is 13.3. The lowest BCUT2D eigenvalue weighted by atomic mass is 10.1. The quantitative estimate of drug-likeness (QED) is 0.472. The number of imidazole rings is 1. The Morgan fingerprint density at radius 2 is 2.00 bits per heavy atom. The highest BCUT2D eigenvalue weighted by Crippen LogP contribution is 2.29. The van der Waals surface area contributed by atoms with Crippen molar-refractivity contribution in [2.24, 2.45) is 5.73 Å². The van der Waals surface area contributed by atoms with Crippen LogP contribution in [0.4, 0.5) is 10.2 Å². The van der Waals surface area contributed by atoms with Crippen LogP contribution in [0.25, 0.3) is 11.3 Å². The van der Waals surface area contributed by atoms with Gasteiger partial charge in [0.1, 0.15) is 23.2 Å². The van der Waals surface area contributed by atoms with Crippen LogP contribution in [0.3, 0.4) is 0 Å². The number of anilines is 1. The summed E-state index contributed by atoms with van der Waals surface area (Å²) in [6.45, 7) is 0.850. The molecule has 154 valence electrons. The molecule has 10 heteroatoms. The molecule has 1 fully saturated rings. The fourth-order valence-corrected chi connectivity index (χ4v) is 3.48. The second-order valence-electron chi connectivity index (χ2n) is 6.94. The van der Waals surface area contributed by atoms with Crippen molar-refractivity contribution in [3.05, 3.63) is 65.5 Å². The van der Waals surface area contributed by atoms with E-state index in [9.17, 15) is 14.0 Å². The van der Waals surface area contributed by atoms with E-state index in [4.69, 9.17) is 11.6 Å². The molecule has 1 aliphatic heterocycles. The summed E-state index contributed by atoms with van der Waals surface area (Å²) in [5.41, 5.74) is 6.91. The molecule has 3 aromatic rings. The number of amides is 2. The molecule has 1 atom stereocenters. The number of benzene rings is 1. The van der Waals surface area contributed by atoms with E-state index in [1.54, 1.807) is 24.3 Å². The van der Waals surface area contributed by atoms with Crippen molar-refractivity contribution in [1.29, 1.82) is 0 Å². The van der Waals surface area contributed by atoms with Crippen LogP contribution < -0.4 is 22.2 Å². The lowest BCUT2D eigenvalue weighted by Crippen LogP contribution is -2.27. The summed E-state index contributed by atoms with van der Waals surface area (Å²) < 4.78 is 14.5. The molecule has 9 nitrogen and oxygen atoms in total. The second-order valence-corrected chi connectivity index (χ2v) is 6.94. The van der Waals surface area contributed by atoms with Crippen molar-refractivity contribution in [1.82, 2.24) is 20.0 Å². The number of nitrogen functional groups attached to an aromatic ring is 1. The molecular weight excluding hydrogens is 389 g/mol. The van der Waals surface area contributed by atoms with Crippen LogP contribution in [0, 0.1) is 5.82 Å². The number of carbonyl (C=O) groups is 2. The van der Waals surface area contributed by atoms with Gasteiger partial charge in [0.25, 0.3) is 11.8 Å². The monoisotopic (exact) mass is 409 g/mol. The number of hydrogen-bond donors (Lipinski definition) is 4. The first-order valence-corrected chi connectivity index (χ1v) is 9.38. The highest BCUT2D eigenvalue weighted by atomic mass is 19.1. The zero-order valence-electron chi connectivity index (χ0n) is 15.9. The van der Waals surface area contributed by atoms with E-state index in [1.807, 2.05) is 0 Å². The first-order chi connectivity index (χ1) is 14.4. The summed E-state index contributed by atoms with van der Waals surface area (Å²) in [5.74, 6) is 5.11. The Hall–Kier alpha value is -3.79. The first kappa shape index (κ1) is 19.5. The molecule has 3 heterocycles. The average molecular weight is 409 g/mol. The van der Waals surface area contributed by atoms with E-state index >= 15 is 0 Å². The smallest absolute Gasteiger partial charge is 0.269 e. The maximum absolute atomic E-state index is 13.3. The number of halogens is 1. The van der Waals surface area contributed by atoms with Crippen LogP contribution in [0.15, 0.2) is 42.6 Å². The Labute approximate surface area is 171 Å². The van der Waals surface area contributed by atoms with Gasteiger partial charge in [-0.25, -0.2) is 19.0 Å². The summed E-state index contributed by atoms with van der Waals surface area (Å²) in [4.78, 5) is 32.8. The molecule has 6 N–H and O–H groups in total. The van der Waals surface area contributed by atoms with Gasteiger partial charge in [0.15, 0.2) is 5.69 Å². The van der Waals surface area contributed by atoms with Gasteiger partial charge >= 0.3 is 0 Å². The Bertz CT molecular complexity index is 1100. The number of primary amides is 1. The highest BCUT2D eigenvalue weighted by molar-refractivity contribution is 6.04. The Kier molecular flexibility index (Phi) is 5.15. The first-order valence-electron chi connectivity index (χ1n) is 9.38. The molecule has 0 spiro atoms. The van der Waals surface area contributed by atoms with Gasteiger partial charge in [0.05, 0.1) is 6.04 Å². The van der Waals surface area contributed by atoms with Crippen LogP contribution in [-0.4, -0.2) is 33.0 Å². The average Bonchev–Trinajstić information content (AvgIpc) is 3.35. The molecule has 2 aromatic heterocycles. The lowest BCUT2D eigenvalue weighted by molar-refractivity contribution is 0.0991. The van der Waals surface area contributed by atoms with E-state index in [1.165, 1.54) is 16.9 Å². The minimum absolute atomic E-state index is 0.0503. The van der Waals surface area contributed by atoms with E-state index in [2.05, 4.69) is 20.6 Å². The van der Waals surface area contributed by atoms with E-state index < -0.39 is 17.6 Å². The van der Waals surface area contributed by atoms with Crippen LogP contribution in [0.1, 0.15) is 45.6 Å². The summed E-state index contributed by atoms with van der Waals surface area (Å²) in [7, 11) is 0. The molecule has 0 bridgehead atoms. The van der Waals surface area contributed by atoms with Gasteiger partial charge in [-0.1, -0.05) is 12.1 Å². The van der Waals surface area contributed by atoms with Crippen LogP contribution in [-0.2, 0) is 0 Å². The summed E-state index contributed by atoms with van der Waals surface area (Å²) in [6.07, 6.45) is 3.11. The third-order valence-electron chi connectivity index (χ3n) is 4.93. The van der Waals surface area contributed by atoms with Gasteiger partial charge in [-0.3, -0.25) is 9.59 Å². The van der Waals surface area contributed by atoms with Gasteiger partial charge < -0.3 is 22.2 Å². The SMILES string of the molecule is NC(=O)c1c(-c2ccc(C(=O)Nc3cc(F)ccn3)cc2)nc([C@@H]2CCCN2)n1N. The van der Waals surface area contributed by atoms with Gasteiger partial charge in [0, 0.05) is 23.4 Å². The molecule has 1 saturated heterocycles. The fourth-order valence-electron chi connectivity index (χ4n) is 3.48. The van der Waals surface area contributed by atoms with Gasteiger partial charge in [-0.05, 0) is 37.6 Å². The van der Waals surface area contributed by atoms with Crippen LogP contribution in [0.5, 0.6) is 0 Å². The number of nitrogens with two attached hydrogens (primary N) is 2. The zero-order valence-corrected chi connectivity index (χ0v) is 15.9. The molecule has 0 aliphatic carbocycles. The number of pyridine rings is 1.